The lowest BCUT2D eigenvalue weighted by Gasteiger charge is -2.36. The molecule has 1 amide bonds. The Labute approximate surface area is 223 Å². The summed E-state index contributed by atoms with van der Waals surface area (Å²) in [6.45, 7) is 2.75. The summed E-state index contributed by atoms with van der Waals surface area (Å²) < 4.78 is 20.4. The Bertz CT molecular complexity index is 1390. The van der Waals surface area contributed by atoms with Crippen LogP contribution in [0.4, 0.5) is 4.39 Å². The highest BCUT2D eigenvalue weighted by molar-refractivity contribution is 5.94. The quantitative estimate of drug-likeness (QED) is 0.258. The number of ether oxygens (including phenoxy) is 1. The average molecular weight is 512 g/mol. The van der Waals surface area contributed by atoms with Gasteiger partial charge in [0.1, 0.15) is 11.6 Å². The number of amides is 1. The fraction of sp³-hybridized carbons (Fsp3) is 0.312. The third-order valence-corrected chi connectivity index (χ3v) is 7.22. The van der Waals surface area contributed by atoms with Gasteiger partial charge in [-0.05, 0) is 67.8 Å². The lowest BCUT2D eigenvalue weighted by molar-refractivity contribution is 0.0576. The standard InChI is InChI=1S/C32H34FN3O2/c1-35(23-26-11-7-10-25-12-8-18-34-31(25)26)22-24-9-6-14-28(21-24)38-20-17-27-13-4-5-19-36(27)32(37)29-15-2-3-16-30(29)33/h2-3,6-12,14-16,18,21,27H,4-5,13,17,19-20,22-23H2,1H3/t27-/m1/s1. The second-order valence-corrected chi connectivity index (χ2v) is 10.1. The minimum Gasteiger partial charge on any atom is -0.494 e. The van der Waals surface area contributed by atoms with Crippen LogP contribution in [-0.4, -0.2) is 46.9 Å². The van der Waals surface area contributed by atoms with Gasteiger partial charge in [0.2, 0.25) is 0 Å². The van der Waals surface area contributed by atoms with Crippen LogP contribution in [0.15, 0.2) is 85.1 Å². The number of benzene rings is 3. The molecule has 0 radical (unpaired) electrons. The molecule has 2 heterocycles. The number of pyridine rings is 1. The summed E-state index contributed by atoms with van der Waals surface area (Å²) in [7, 11) is 2.11. The lowest BCUT2D eigenvalue weighted by Crippen LogP contribution is -2.44. The zero-order chi connectivity index (χ0) is 26.3. The van der Waals surface area contributed by atoms with Gasteiger partial charge in [0.15, 0.2) is 0 Å². The number of halogens is 1. The number of carbonyl (C=O) groups is 1. The minimum absolute atomic E-state index is 0.0551. The van der Waals surface area contributed by atoms with Crippen molar-refractivity contribution in [2.45, 2.75) is 44.8 Å². The van der Waals surface area contributed by atoms with E-state index in [9.17, 15) is 9.18 Å². The molecular formula is C32H34FN3O2. The zero-order valence-corrected chi connectivity index (χ0v) is 21.9. The largest absolute Gasteiger partial charge is 0.494 e. The molecule has 3 aromatic carbocycles. The van der Waals surface area contributed by atoms with Crippen LogP contribution in [0.25, 0.3) is 10.9 Å². The molecule has 1 saturated heterocycles. The number of carbonyl (C=O) groups excluding carboxylic acids is 1. The monoisotopic (exact) mass is 511 g/mol. The predicted octanol–water partition coefficient (Wildman–Crippen LogP) is 6.47. The fourth-order valence-corrected chi connectivity index (χ4v) is 5.36. The number of aromatic nitrogens is 1. The minimum atomic E-state index is -0.462. The molecular weight excluding hydrogens is 477 g/mol. The van der Waals surface area contributed by atoms with E-state index in [1.165, 1.54) is 17.2 Å². The van der Waals surface area contributed by atoms with Gasteiger partial charge in [-0.2, -0.15) is 0 Å². The van der Waals surface area contributed by atoms with E-state index < -0.39 is 5.82 Å². The van der Waals surface area contributed by atoms with Crippen LogP contribution in [0.2, 0.25) is 0 Å². The van der Waals surface area contributed by atoms with Crippen LogP contribution in [-0.2, 0) is 13.1 Å². The summed E-state index contributed by atoms with van der Waals surface area (Å²) in [5.74, 6) is 0.140. The van der Waals surface area contributed by atoms with Gasteiger partial charge in [0, 0.05) is 43.7 Å². The number of fused-ring (bicyclic) bond motifs is 1. The molecule has 1 atom stereocenters. The van der Waals surface area contributed by atoms with Gasteiger partial charge in [-0.1, -0.05) is 48.5 Å². The van der Waals surface area contributed by atoms with Crippen LogP contribution < -0.4 is 4.74 Å². The fourth-order valence-electron chi connectivity index (χ4n) is 5.36. The summed E-state index contributed by atoms with van der Waals surface area (Å²) in [6, 6.07) is 24.9. The molecule has 0 bridgehead atoms. The molecule has 1 aliphatic rings. The predicted molar refractivity (Wildman–Crippen MR) is 149 cm³/mol. The SMILES string of the molecule is CN(Cc1cccc(OCC[C@H]2CCCCN2C(=O)c2ccccc2F)c1)Cc1cccc2cccnc12. The molecule has 196 valence electrons. The number of hydrogen-bond acceptors (Lipinski definition) is 4. The Morgan fingerprint density at radius 1 is 1.03 bits per heavy atom. The van der Waals surface area contributed by atoms with Crippen molar-refractivity contribution in [1.82, 2.24) is 14.8 Å². The highest BCUT2D eigenvalue weighted by atomic mass is 19.1. The van der Waals surface area contributed by atoms with Crippen molar-refractivity contribution in [3.05, 3.63) is 108 Å². The Morgan fingerprint density at radius 2 is 1.87 bits per heavy atom. The normalized spacial score (nSPS) is 15.7. The molecule has 38 heavy (non-hydrogen) atoms. The Kier molecular flexibility index (Phi) is 8.29. The van der Waals surface area contributed by atoms with Crippen molar-refractivity contribution in [2.24, 2.45) is 0 Å². The second kappa shape index (κ2) is 12.2. The molecule has 0 unspecified atom stereocenters. The van der Waals surface area contributed by atoms with E-state index in [0.29, 0.717) is 13.2 Å². The summed E-state index contributed by atoms with van der Waals surface area (Å²) >= 11 is 0. The molecule has 5 nitrogen and oxygen atoms in total. The third kappa shape index (κ3) is 6.20. The van der Waals surface area contributed by atoms with Crippen LogP contribution in [0.3, 0.4) is 0 Å². The van der Waals surface area contributed by atoms with E-state index in [1.54, 1.807) is 18.2 Å². The van der Waals surface area contributed by atoms with E-state index in [2.05, 4.69) is 53.3 Å². The zero-order valence-electron chi connectivity index (χ0n) is 21.9. The smallest absolute Gasteiger partial charge is 0.257 e. The van der Waals surface area contributed by atoms with Crippen molar-refractivity contribution in [3.63, 3.8) is 0 Å². The molecule has 1 aromatic heterocycles. The summed E-state index contributed by atoms with van der Waals surface area (Å²) in [4.78, 5) is 21.7. The number of rotatable bonds is 9. The molecule has 0 aliphatic carbocycles. The van der Waals surface area contributed by atoms with Crippen LogP contribution >= 0.6 is 0 Å². The Morgan fingerprint density at radius 3 is 2.76 bits per heavy atom. The van der Waals surface area contributed by atoms with Gasteiger partial charge in [-0.25, -0.2) is 4.39 Å². The third-order valence-electron chi connectivity index (χ3n) is 7.22. The highest BCUT2D eigenvalue weighted by Crippen LogP contribution is 2.24. The lowest BCUT2D eigenvalue weighted by atomic mass is 9.98. The van der Waals surface area contributed by atoms with Crippen molar-refractivity contribution < 1.29 is 13.9 Å². The van der Waals surface area contributed by atoms with E-state index in [1.807, 2.05) is 29.3 Å². The second-order valence-electron chi connectivity index (χ2n) is 10.1. The molecule has 6 heteroatoms. The Balaban J connectivity index is 1.16. The first kappa shape index (κ1) is 25.9. The topological polar surface area (TPSA) is 45.7 Å². The number of nitrogens with zero attached hydrogens (tertiary/aromatic N) is 3. The summed E-state index contributed by atoms with van der Waals surface area (Å²) in [5, 5.41) is 1.15. The molecule has 0 saturated carbocycles. The van der Waals surface area contributed by atoms with Gasteiger partial charge >= 0.3 is 0 Å². The molecule has 1 aliphatic heterocycles. The van der Waals surface area contributed by atoms with Gasteiger partial charge in [0.25, 0.3) is 5.91 Å². The van der Waals surface area contributed by atoms with Gasteiger partial charge < -0.3 is 9.64 Å². The first-order chi connectivity index (χ1) is 18.6. The van der Waals surface area contributed by atoms with Crippen molar-refractivity contribution in [2.75, 3.05) is 20.2 Å². The van der Waals surface area contributed by atoms with Gasteiger partial charge in [-0.3, -0.25) is 14.7 Å². The molecule has 0 N–H and O–H groups in total. The first-order valence-electron chi connectivity index (χ1n) is 13.4. The molecule has 4 aromatic rings. The molecule has 5 rings (SSSR count). The maximum absolute atomic E-state index is 14.2. The molecule has 1 fully saturated rings. The van der Waals surface area contributed by atoms with Crippen LogP contribution in [0.1, 0.15) is 47.2 Å². The summed E-state index contributed by atoms with van der Waals surface area (Å²) in [5.41, 5.74) is 3.58. The number of para-hydroxylation sites is 1. The highest BCUT2D eigenvalue weighted by Gasteiger charge is 2.28. The number of hydrogen-bond donors (Lipinski definition) is 0. The number of likely N-dealkylation sites (tertiary alicyclic amines) is 1. The van der Waals surface area contributed by atoms with Gasteiger partial charge in [-0.15, -0.1) is 0 Å². The van der Waals surface area contributed by atoms with E-state index >= 15 is 0 Å². The van der Waals surface area contributed by atoms with E-state index in [4.69, 9.17) is 4.74 Å². The van der Waals surface area contributed by atoms with Crippen molar-refractivity contribution in [1.29, 1.82) is 0 Å². The Hall–Kier alpha value is -3.77. The van der Waals surface area contributed by atoms with Crippen LogP contribution in [0, 0.1) is 5.82 Å². The number of piperidine rings is 1. The van der Waals surface area contributed by atoms with E-state index in [0.717, 1.165) is 55.4 Å². The van der Waals surface area contributed by atoms with Crippen LogP contribution in [0.5, 0.6) is 5.75 Å². The average Bonchev–Trinajstić information content (AvgIpc) is 2.94. The van der Waals surface area contributed by atoms with Crippen molar-refractivity contribution in [3.8, 4) is 5.75 Å². The van der Waals surface area contributed by atoms with Gasteiger partial charge in [0.05, 0.1) is 17.7 Å². The van der Waals surface area contributed by atoms with Crippen molar-refractivity contribution >= 4 is 16.8 Å². The maximum atomic E-state index is 14.2. The van der Waals surface area contributed by atoms with E-state index in [-0.39, 0.29) is 17.5 Å². The first-order valence-corrected chi connectivity index (χ1v) is 13.4. The molecule has 0 spiro atoms. The maximum Gasteiger partial charge on any atom is 0.257 e. The summed E-state index contributed by atoms with van der Waals surface area (Å²) in [6.07, 6.45) is 5.49.